The van der Waals surface area contributed by atoms with Crippen LogP contribution in [0.4, 0.5) is 9.93 Å². The van der Waals surface area contributed by atoms with Crippen LogP contribution < -0.4 is 11.1 Å². The van der Waals surface area contributed by atoms with E-state index < -0.39 is 6.03 Å². The molecule has 0 saturated carbocycles. The first-order valence-corrected chi connectivity index (χ1v) is 6.69. The number of thioether (sulfide) groups is 1. The molecule has 5 nitrogen and oxygen atoms in total. The van der Waals surface area contributed by atoms with Gasteiger partial charge < -0.3 is 10.8 Å². The van der Waals surface area contributed by atoms with E-state index >= 15 is 0 Å². The van der Waals surface area contributed by atoms with Gasteiger partial charge in [0.1, 0.15) is 0 Å². The Morgan fingerprint density at radius 2 is 2.24 bits per heavy atom. The van der Waals surface area contributed by atoms with E-state index in [-0.39, 0.29) is 0 Å². The van der Waals surface area contributed by atoms with Gasteiger partial charge in [0, 0.05) is 12.0 Å². The van der Waals surface area contributed by atoms with Gasteiger partial charge >= 0.3 is 6.03 Å². The van der Waals surface area contributed by atoms with Gasteiger partial charge in [0.05, 0.1) is 10.2 Å². The summed E-state index contributed by atoms with van der Waals surface area (Å²) in [4.78, 5) is 16.0. The number of hydrogen-bond acceptors (Lipinski definition) is 5. The van der Waals surface area contributed by atoms with Crippen molar-refractivity contribution in [2.45, 2.75) is 4.90 Å². The van der Waals surface area contributed by atoms with Crippen LogP contribution in [0.5, 0.6) is 0 Å². The summed E-state index contributed by atoms with van der Waals surface area (Å²) in [5.74, 6) is 0. The zero-order valence-corrected chi connectivity index (χ0v) is 11.1. The van der Waals surface area contributed by atoms with Crippen LogP contribution >= 0.6 is 23.1 Å². The molecule has 0 saturated heterocycles. The molecular weight excluding hydrogens is 258 g/mol. The third-order valence-electron chi connectivity index (χ3n) is 1.83. The first kappa shape index (κ1) is 13.8. The average Bonchev–Trinajstić information content (AvgIpc) is 2.71. The molecule has 7 heteroatoms. The number of hydrogen-bond donors (Lipinski definition) is 3. The van der Waals surface area contributed by atoms with Crippen LogP contribution in [0.2, 0.25) is 0 Å². The minimum absolute atomic E-state index is 0.538. The highest BCUT2D eigenvalue weighted by Gasteiger charge is 2.05. The number of nitrogens with one attached hydrogen (secondary N) is 1. The molecule has 1 aromatic heterocycles. The summed E-state index contributed by atoms with van der Waals surface area (Å²) >= 11 is 3.09. The number of nitrogens with zero attached hydrogens (tertiary/aromatic N) is 1. The molecule has 0 aliphatic rings. The van der Waals surface area contributed by atoms with Crippen LogP contribution in [0.1, 0.15) is 0 Å². The van der Waals surface area contributed by atoms with E-state index in [1.165, 1.54) is 16.2 Å². The fourth-order valence-electron chi connectivity index (χ4n) is 1.19. The quantitative estimate of drug-likeness (QED) is 0.730. The number of aliphatic hydroxyl groups is 1. The molecule has 0 spiro atoms. The largest absolute Gasteiger partial charge is 0.400 e. The number of carbonyl (C=O) groups is 1. The number of fused-ring (bicyclic) bond motifs is 1. The number of benzene rings is 1. The zero-order valence-electron chi connectivity index (χ0n) is 9.43. The van der Waals surface area contributed by atoms with E-state index in [0.29, 0.717) is 5.13 Å². The number of primary amides is 1. The maximum absolute atomic E-state index is 10.6. The second-order valence-electron chi connectivity index (χ2n) is 2.84. The predicted octanol–water partition coefficient (Wildman–Crippen LogP) is 2.12. The van der Waals surface area contributed by atoms with Gasteiger partial charge in [-0.25, -0.2) is 9.78 Å². The van der Waals surface area contributed by atoms with Gasteiger partial charge in [0.25, 0.3) is 0 Å². The zero-order chi connectivity index (χ0) is 12.8. The van der Waals surface area contributed by atoms with Crippen molar-refractivity contribution in [3.8, 4) is 0 Å². The summed E-state index contributed by atoms with van der Waals surface area (Å²) in [5.41, 5.74) is 5.89. The number of thiazole rings is 1. The third-order valence-corrected chi connectivity index (χ3v) is 3.48. The van der Waals surface area contributed by atoms with Gasteiger partial charge in [-0.2, -0.15) is 0 Å². The van der Waals surface area contributed by atoms with Crippen molar-refractivity contribution in [2.75, 3.05) is 18.7 Å². The van der Waals surface area contributed by atoms with Crippen molar-refractivity contribution < 1.29 is 9.90 Å². The molecule has 17 heavy (non-hydrogen) atoms. The lowest BCUT2D eigenvalue weighted by Gasteiger charge is -1.92. The molecular formula is C10H13N3O2S2. The van der Waals surface area contributed by atoms with E-state index in [0.717, 1.165) is 17.3 Å². The molecule has 0 radical (unpaired) electrons. The Labute approximate surface area is 107 Å². The molecule has 0 unspecified atom stereocenters. The van der Waals surface area contributed by atoms with E-state index in [1.807, 2.05) is 24.5 Å². The molecule has 0 aliphatic carbocycles. The summed E-state index contributed by atoms with van der Waals surface area (Å²) in [6.45, 7) is 0. The number of anilines is 1. The maximum Gasteiger partial charge on any atom is 0.318 e. The van der Waals surface area contributed by atoms with Crippen molar-refractivity contribution in [3.63, 3.8) is 0 Å². The van der Waals surface area contributed by atoms with Crippen LogP contribution in [0.3, 0.4) is 0 Å². The smallest absolute Gasteiger partial charge is 0.318 e. The number of carbonyl (C=O) groups excluding carboxylic acids is 1. The predicted molar refractivity (Wildman–Crippen MR) is 72.7 cm³/mol. The Kier molecular flexibility index (Phi) is 5.20. The van der Waals surface area contributed by atoms with E-state index in [2.05, 4.69) is 10.3 Å². The Morgan fingerprint density at radius 1 is 1.53 bits per heavy atom. The van der Waals surface area contributed by atoms with Gasteiger partial charge in [0.2, 0.25) is 0 Å². The van der Waals surface area contributed by atoms with Gasteiger partial charge in [0.15, 0.2) is 5.13 Å². The lowest BCUT2D eigenvalue weighted by molar-refractivity contribution is 0.259. The lowest BCUT2D eigenvalue weighted by atomic mass is 10.3. The van der Waals surface area contributed by atoms with Crippen molar-refractivity contribution in [2.24, 2.45) is 5.73 Å². The van der Waals surface area contributed by atoms with Gasteiger partial charge in [-0.1, -0.05) is 11.3 Å². The van der Waals surface area contributed by atoms with Crippen molar-refractivity contribution in [1.29, 1.82) is 0 Å². The van der Waals surface area contributed by atoms with Gasteiger partial charge in [-0.3, -0.25) is 5.32 Å². The molecule has 1 aromatic carbocycles. The first-order chi connectivity index (χ1) is 8.19. The molecule has 2 aromatic rings. The fraction of sp³-hybridized carbons (Fsp3) is 0.200. The number of urea groups is 1. The third kappa shape index (κ3) is 3.58. The monoisotopic (exact) mass is 271 g/mol. The lowest BCUT2D eigenvalue weighted by Crippen LogP contribution is -2.18. The maximum atomic E-state index is 10.6. The van der Waals surface area contributed by atoms with Crippen LogP contribution in [-0.4, -0.2) is 29.5 Å². The molecule has 0 bridgehead atoms. The Hall–Kier alpha value is -1.31. The minimum atomic E-state index is -0.584. The van der Waals surface area contributed by atoms with Crippen LogP contribution in [0.25, 0.3) is 10.2 Å². The van der Waals surface area contributed by atoms with Gasteiger partial charge in [-0.15, -0.1) is 11.8 Å². The van der Waals surface area contributed by atoms with Crippen molar-refractivity contribution in [1.82, 2.24) is 4.98 Å². The topological polar surface area (TPSA) is 88.2 Å². The highest BCUT2D eigenvalue weighted by molar-refractivity contribution is 7.98. The highest BCUT2D eigenvalue weighted by atomic mass is 32.2. The molecule has 0 fully saturated rings. The molecule has 0 atom stereocenters. The SMILES string of the molecule is CO.CSc1ccc2nc(NC(N)=O)sc2c1. The van der Waals surface area contributed by atoms with Crippen molar-refractivity contribution >= 4 is 44.5 Å². The molecule has 2 amide bonds. The van der Waals surface area contributed by atoms with E-state index in [4.69, 9.17) is 10.8 Å². The summed E-state index contributed by atoms with van der Waals surface area (Å²) in [5, 5.41) is 10.0. The molecule has 4 N–H and O–H groups in total. The number of rotatable bonds is 2. The normalized spacial score (nSPS) is 9.59. The summed E-state index contributed by atoms with van der Waals surface area (Å²) in [7, 11) is 1.00. The fourth-order valence-corrected chi connectivity index (χ4v) is 2.61. The second kappa shape index (κ2) is 6.43. The van der Waals surface area contributed by atoms with Crippen LogP contribution in [0.15, 0.2) is 23.1 Å². The Balaban J connectivity index is 0.000000686. The summed E-state index contributed by atoms with van der Waals surface area (Å²) in [6, 6.07) is 5.40. The Bertz CT molecular complexity index is 513. The molecule has 2 rings (SSSR count). The number of aromatic nitrogens is 1. The average molecular weight is 271 g/mol. The number of nitrogens with two attached hydrogens (primary N) is 1. The number of aliphatic hydroxyl groups excluding tert-OH is 1. The first-order valence-electron chi connectivity index (χ1n) is 4.65. The molecule has 1 heterocycles. The van der Waals surface area contributed by atoms with E-state index in [9.17, 15) is 4.79 Å². The summed E-state index contributed by atoms with van der Waals surface area (Å²) < 4.78 is 1.05. The van der Waals surface area contributed by atoms with Crippen LogP contribution in [0, 0.1) is 0 Å². The minimum Gasteiger partial charge on any atom is -0.400 e. The van der Waals surface area contributed by atoms with Gasteiger partial charge in [-0.05, 0) is 24.5 Å². The molecule has 0 aliphatic heterocycles. The van der Waals surface area contributed by atoms with Crippen LogP contribution in [-0.2, 0) is 0 Å². The Morgan fingerprint density at radius 3 is 2.82 bits per heavy atom. The van der Waals surface area contributed by atoms with E-state index in [1.54, 1.807) is 11.8 Å². The standard InChI is InChI=1S/C9H9N3OS2.CH4O/c1-14-5-2-3-6-7(4-5)15-9(11-6)12-8(10)13;1-2/h2-4H,1H3,(H3,10,11,12,13);2H,1H3. The number of amides is 2. The van der Waals surface area contributed by atoms with Crippen molar-refractivity contribution in [3.05, 3.63) is 18.2 Å². The highest BCUT2D eigenvalue weighted by Crippen LogP contribution is 2.29. The molecule has 92 valence electrons. The second-order valence-corrected chi connectivity index (χ2v) is 4.75. The summed E-state index contributed by atoms with van der Waals surface area (Å²) in [6.07, 6.45) is 2.02.